The molecule has 4 aliphatic rings. The lowest BCUT2D eigenvalue weighted by Gasteiger charge is -2.40. The van der Waals surface area contributed by atoms with Crippen molar-refractivity contribution in [3.63, 3.8) is 0 Å². The molecule has 44 heavy (non-hydrogen) atoms. The maximum Gasteiger partial charge on any atom is 0.00395 e. The third-order valence-corrected chi connectivity index (χ3v) is 9.36. The van der Waals surface area contributed by atoms with Crippen LogP contribution in [0.1, 0.15) is 149 Å². The topological polar surface area (TPSA) is 13.0 Å². The Morgan fingerprint density at radius 2 is 0.523 bits per heavy atom. The zero-order valence-corrected chi connectivity index (χ0v) is 33.8. The van der Waals surface area contributed by atoms with E-state index in [0.717, 1.165) is 23.7 Å². The van der Waals surface area contributed by atoms with Gasteiger partial charge in [-0.2, -0.15) is 0 Å². The number of hydrogen-bond donors (Lipinski definition) is 0. The number of piperidine rings is 2. The molecule has 0 radical (unpaired) electrons. The average molecular weight is 625 g/mol. The Labute approximate surface area is 281 Å². The van der Waals surface area contributed by atoms with E-state index in [9.17, 15) is 0 Å². The summed E-state index contributed by atoms with van der Waals surface area (Å²) in [6.45, 7) is 50.7. The van der Waals surface area contributed by atoms with Gasteiger partial charge in [0.25, 0.3) is 0 Å². The van der Waals surface area contributed by atoms with Crippen molar-refractivity contribution >= 4 is 0 Å². The fourth-order valence-corrected chi connectivity index (χ4v) is 7.67. The molecule has 4 heteroatoms. The summed E-state index contributed by atoms with van der Waals surface area (Å²) in [6, 6.07) is 0. The largest absolute Gasteiger partial charge is 0.303 e. The van der Waals surface area contributed by atoms with Gasteiger partial charge in [-0.05, 0) is 112 Å². The van der Waals surface area contributed by atoms with Gasteiger partial charge in [-0.25, -0.2) is 0 Å². The van der Waals surface area contributed by atoms with E-state index >= 15 is 0 Å². The highest BCUT2D eigenvalue weighted by atomic mass is 15.2. The van der Waals surface area contributed by atoms with Gasteiger partial charge in [0.15, 0.2) is 0 Å². The summed E-state index contributed by atoms with van der Waals surface area (Å²) in [5, 5.41) is 0. The molecule has 4 nitrogen and oxygen atoms in total. The quantitative estimate of drug-likeness (QED) is 0.266. The van der Waals surface area contributed by atoms with Crippen molar-refractivity contribution in [2.45, 2.75) is 149 Å². The lowest BCUT2D eigenvalue weighted by Crippen LogP contribution is -2.43. The summed E-state index contributed by atoms with van der Waals surface area (Å²) < 4.78 is 0. The van der Waals surface area contributed by atoms with Crippen LogP contribution in [0.4, 0.5) is 0 Å². The lowest BCUT2D eigenvalue weighted by molar-refractivity contribution is 0.0978. The smallest absolute Gasteiger partial charge is 0.00395 e. The van der Waals surface area contributed by atoms with E-state index < -0.39 is 0 Å². The van der Waals surface area contributed by atoms with Crippen molar-refractivity contribution in [1.82, 2.24) is 19.6 Å². The first-order valence-electron chi connectivity index (χ1n) is 19.9. The minimum atomic E-state index is 0.683. The molecule has 0 saturated carbocycles. The Morgan fingerprint density at radius 3 is 0.727 bits per heavy atom. The molecule has 0 atom stereocenters. The second-order valence-electron chi connectivity index (χ2n) is 15.1. The van der Waals surface area contributed by atoms with Crippen LogP contribution in [0.2, 0.25) is 0 Å². The Balaban J connectivity index is 0. The minimum Gasteiger partial charge on any atom is -0.303 e. The molecule has 0 aromatic carbocycles. The van der Waals surface area contributed by atoms with Gasteiger partial charge in [-0.1, -0.05) is 111 Å². The molecule has 0 amide bonds. The zero-order valence-electron chi connectivity index (χ0n) is 33.8. The molecule has 4 heterocycles. The Morgan fingerprint density at radius 1 is 0.341 bits per heavy atom. The van der Waals surface area contributed by atoms with E-state index in [-0.39, 0.29) is 0 Å². The zero-order chi connectivity index (χ0) is 34.3. The summed E-state index contributed by atoms with van der Waals surface area (Å²) in [6.07, 6.45) is 8.66. The van der Waals surface area contributed by atoms with Crippen LogP contribution in [0.5, 0.6) is 0 Å². The van der Waals surface area contributed by atoms with Crippen molar-refractivity contribution in [3.8, 4) is 0 Å². The lowest BCUT2D eigenvalue weighted by atomic mass is 9.77. The molecule has 0 bridgehead atoms. The first kappa shape index (κ1) is 46.0. The molecule has 4 rings (SSSR count). The molecular weight excluding hydrogens is 536 g/mol. The van der Waals surface area contributed by atoms with Crippen LogP contribution in [0.15, 0.2) is 0 Å². The molecular formula is C40H88N4. The van der Waals surface area contributed by atoms with Crippen LogP contribution in [0, 0.1) is 34.5 Å². The van der Waals surface area contributed by atoms with Crippen molar-refractivity contribution in [1.29, 1.82) is 0 Å². The predicted molar refractivity (Wildman–Crippen MR) is 203 cm³/mol. The SMILES string of the molecule is CC.CC.CC.CC.CC(C)CN1CCC2(CC1)CCN(CC(C)C)C2.CC(C)CN1CCC2(CC1)CCN(CC(C)C)C2. The molecule has 0 aliphatic carbocycles. The van der Waals surface area contributed by atoms with Gasteiger partial charge in [0.05, 0.1) is 0 Å². The highest BCUT2D eigenvalue weighted by Gasteiger charge is 2.41. The monoisotopic (exact) mass is 625 g/mol. The average Bonchev–Trinajstić information content (AvgIpc) is 3.58. The Kier molecular flexibility index (Phi) is 27.0. The second-order valence-corrected chi connectivity index (χ2v) is 15.1. The minimum absolute atomic E-state index is 0.683. The van der Waals surface area contributed by atoms with Crippen molar-refractivity contribution in [3.05, 3.63) is 0 Å². The highest BCUT2D eigenvalue weighted by Crippen LogP contribution is 2.41. The molecule has 2 spiro atoms. The second kappa shape index (κ2) is 25.9. The predicted octanol–water partition coefficient (Wildman–Crippen LogP) is 10.3. The van der Waals surface area contributed by atoms with Crippen molar-refractivity contribution in [2.75, 3.05) is 78.5 Å². The van der Waals surface area contributed by atoms with E-state index in [1.54, 1.807) is 0 Å². The third kappa shape index (κ3) is 18.2. The van der Waals surface area contributed by atoms with Crippen LogP contribution in [-0.2, 0) is 0 Å². The van der Waals surface area contributed by atoms with Gasteiger partial charge in [0.1, 0.15) is 0 Å². The van der Waals surface area contributed by atoms with Crippen molar-refractivity contribution < 1.29 is 0 Å². The van der Waals surface area contributed by atoms with E-state index in [1.807, 2.05) is 55.4 Å². The molecule has 0 aromatic rings. The van der Waals surface area contributed by atoms with Crippen LogP contribution >= 0.6 is 0 Å². The Hall–Kier alpha value is -0.160. The molecule has 0 aromatic heterocycles. The fraction of sp³-hybridized carbons (Fsp3) is 1.00. The molecule has 4 aliphatic heterocycles. The van der Waals surface area contributed by atoms with E-state index in [2.05, 4.69) is 75.0 Å². The summed E-state index contributed by atoms with van der Waals surface area (Å²) in [5.74, 6) is 3.28. The number of rotatable bonds is 8. The van der Waals surface area contributed by atoms with E-state index in [4.69, 9.17) is 0 Å². The van der Waals surface area contributed by atoms with Crippen LogP contribution < -0.4 is 0 Å². The summed E-state index contributed by atoms with van der Waals surface area (Å²) >= 11 is 0. The summed E-state index contributed by atoms with van der Waals surface area (Å²) in [4.78, 5) is 10.8. The first-order valence-corrected chi connectivity index (χ1v) is 19.9. The highest BCUT2D eigenvalue weighted by molar-refractivity contribution is 4.95. The molecule has 0 unspecified atom stereocenters. The van der Waals surface area contributed by atoms with E-state index in [1.165, 1.54) is 117 Å². The van der Waals surface area contributed by atoms with Gasteiger partial charge >= 0.3 is 0 Å². The maximum atomic E-state index is 2.71. The fourth-order valence-electron chi connectivity index (χ4n) is 7.67. The molecule has 4 saturated heterocycles. The Bertz CT molecular complexity index is 559. The van der Waals surface area contributed by atoms with Gasteiger partial charge < -0.3 is 19.6 Å². The number of nitrogens with zero attached hydrogens (tertiary/aromatic N) is 4. The first-order chi connectivity index (χ1) is 21.0. The van der Waals surface area contributed by atoms with Crippen LogP contribution in [0.25, 0.3) is 0 Å². The molecule has 4 fully saturated rings. The van der Waals surface area contributed by atoms with Crippen LogP contribution in [0.3, 0.4) is 0 Å². The third-order valence-electron chi connectivity index (χ3n) is 9.36. The maximum absolute atomic E-state index is 2.71. The number of hydrogen-bond acceptors (Lipinski definition) is 4. The normalized spacial score (nSPS) is 21.5. The van der Waals surface area contributed by atoms with E-state index in [0.29, 0.717) is 10.8 Å². The molecule has 0 N–H and O–H groups in total. The van der Waals surface area contributed by atoms with Crippen LogP contribution in [-0.4, -0.2) is 98.1 Å². The standard InChI is InChI=1S/2C16H32N2.4C2H6/c2*1-14(2)11-17-8-5-16(6-9-17)7-10-18(13-16)12-15(3)4;4*1-2/h2*14-15H,5-13H2,1-4H3;4*1-2H3. The number of likely N-dealkylation sites (tertiary alicyclic amines) is 4. The van der Waals surface area contributed by atoms with Gasteiger partial charge in [0, 0.05) is 39.3 Å². The van der Waals surface area contributed by atoms with Gasteiger partial charge in [-0.3, -0.25) is 0 Å². The molecule has 268 valence electrons. The summed E-state index contributed by atoms with van der Waals surface area (Å²) in [7, 11) is 0. The summed E-state index contributed by atoms with van der Waals surface area (Å²) in [5.41, 5.74) is 1.37. The van der Waals surface area contributed by atoms with Crippen molar-refractivity contribution in [2.24, 2.45) is 34.5 Å². The van der Waals surface area contributed by atoms with Gasteiger partial charge in [0.2, 0.25) is 0 Å². The van der Waals surface area contributed by atoms with Gasteiger partial charge in [-0.15, -0.1) is 0 Å².